The molecule has 0 aliphatic rings. The van der Waals surface area contributed by atoms with Crippen LogP contribution in [0.15, 0.2) is 29.2 Å². The Morgan fingerprint density at radius 2 is 1.95 bits per heavy atom. The van der Waals surface area contributed by atoms with Crippen LogP contribution in [0.5, 0.6) is 0 Å². The molecule has 0 aromatic heterocycles. The number of anilines is 1. The van der Waals surface area contributed by atoms with E-state index in [1.807, 2.05) is 18.7 Å². The van der Waals surface area contributed by atoms with E-state index >= 15 is 0 Å². The molecule has 0 spiro atoms. The summed E-state index contributed by atoms with van der Waals surface area (Å²) in [5.41, 5.74) is 5.75. The number of benzene rings is 1. The number of amides is 1. The zero-order chi connectivity index (χ0) is 16.6. The predicted octanol–water partition coefficient (Wildman–Crippen LogP) is 0.204. The van der Waals surface area contributed by atoms with Crippen molar-refractivity contribution in [2.75, 3.05) is 38.0 Å². The predicted molar refractivity (Wildman–Crippen MR) is 87.1 cm³/mol. The van der Waals surface area contributed by atoms with E-state index in [2.05, 4.69) is 10.0 Å². The highest BCUT2D eigenvalue weighted by atomic mass is 32.2. The second-order valence-electron chi connectivity index (χ2n) is 4.72. The summed E-state index contributed by atoms with van der Waals surface area (Å²) in [7, 11) is -3.60. The van der Waals surface area contributed by atoms with Gasteiger partial charge in [0.05, 0.1) is 11.4 Å². The number of carbonyl (C=O) groups is 1. The lowest BCUT2D eigenvalue weighted by atomic mass is 10.3. The normalized spacial score (nSPS) is 11.6. The van der Waals surface area contributed by atoms with Crippen molar-refractivity contribution in [1.82, 2.24) is 9.62 Å². The van der Waals surface area contributed by atoms with Crippen molar-refractivity contribution in [3.63, 3.8) is 0 Å². The maximum atomic E-state index is 12.0. The van der Waals surface area contributed by atoms with E-state index in [9.17, 15) is 13.2 Å². The fourth-order valence-electron chi connectivity index (χ4n) is 1.87. The molecule has 0 saturated carbocycles. The SMILES string of the molecule is CCN(CC)CC(=O)Nc1cccc(S(=O)(=O)NCCN)c1. The van der Waals surface area contributed by atoms with Crippen molar-refractivity contribution in [1.29, 1.82) is 0 Å². The lowest BCUT2D eigenvalue weighted by molar-refractivity contribution is -0.117. The molecule has 0 saturated heterocycles. The maximum Gasteiger partial charge on any atom is 0.240 e. The Balaban J connectivity index is 2.78. The van der Waals surface area contributed by atoms with E-state index < -0.39 is 10.0 Å². The minimum absolute atomic E-state index is 0.0987. The molecule has 1 rings (SSSR count). The summed E-state index contributed by atoms with van der Waals surface area (Å²) in [4.78, 5) is 14.0. The van der Waals surface area contributed by atoms with Crippen LogP contribution in [0.2, 0.25) is 0 Å². The fraction of sp³-hybridized carbons (Fsp3) is 0.500. The number of nitrogens with two attached hydrogens (primary N) is 1. The molecule has 0 unspecified atom stereocenters. The molecule has 0 radical (unpaired) electrons. The van der Waals surface area contributed by atoms with Gasteiger partial charge in [0.25, 0.3) is 0 Å². The lowest BCUT2D eigenvalue weighted by Crippen LogP contribution is -2.33. The minimum Gasteiger partial charge on any atom is -0.329 e. The standard InChI is InChI=1S/C14H24N4O3S/c1-3-18(4-2)11-14(19)17-12-6-5-7-13(10-12)22(20,21)16-9-8-15/h5-7,10,16H,3-4,8-9,11,15H2,1-2H3,(H,17,19). The molecule has 7 nitrogen and oxygen atoms in total. The van der Waals surface area contributed by atoms with E-state index in [1.54, 1.807) is 12.1 Å². The Morgan fingerprint density at radius 3 is 2.55 bits per heavy atom. The topological polar surface area (TPSA) is 105 Å². The van der Waals surface area contributed by atoms with Crippen LogP contribution in [0.4, 0.5) is 5.69 Å². The molecule has 1 aromatic rings. The first-order chi connectivity index (χ1) is 10.4. The van der Waals surface area contributed by atoms with Gasteiger partial charge in [0, 0.05) is 18.8 Å². The van der Waals surface area contributed by atoms with Gasteiger partial charge >= 0.3 is 0 Å². The number of nitrogens with zero attached hydrogens (tertiary/aromatic N) is 1. The van der Waals surface area contributed by atoms with Crippen LogP contribution < -0.4 is 15.8 Å². The number of rotatable bonds is 9. The van der Waals surface area contributed by atoms with Crippen LogP contribution in [0.3, 0.4) is 0 Å². The molecule has 4 N–H and O–H groups in total. The van der Waals surface area contributed by atoms with Crippen molar-refractivity contribution in [3.8, 4) is 0 Å². The summed E-state index contributed by atoms with van der Waals surface area (Å²) < 4.78 is 26.4. The Morgan fingerprint density at radius 1 is 1.27 bits per heavy atom. The Labute approximate surface area is 131 Å². The molecule has 124 valence electrons. The molecular formula is C14H24N4O3S. The molecule has 0 aliphatic heterocycles. The average Bonchev–Trinajstić information content (AvgIpc) is 2.51. The van der Waals surface area contributed by atoms with Crippen LogP contribution >= 0.6 is 0 Å². The zero-order valence-electron chi connectivity index (χ0n) is 13.0. The summed E-state index contributed by atoms with van der Waals surface area (Å²) in [5, 5.41) is 2.71. The fourth-order valence-corrected chi connectivity index (χ4v) is 2.96. The van der Waals surface area contributed by atoms with E-state index in [0.717, 1.165) is 13.1 Å². The van der Waals surface area contributed by atoms with Gasteiger partial charge in [0.2, 0.25) is 15.9 Å². The molecule has 0 aliphatic carbocycles. The molecular weight excluding hydrogens is 304 g/mol. The highest BCUT2D eigenvalue weighted by Gasteiger charge is 2.14. The third-order valence-corrected chi connectivity index (χ3v) is 4.58. The minimum atomic E-state index is -3.60. The number of carbonyl (C=O) groups excluding carboxylic acids is 1. The lowest BCUT2D eigenvalue weighted by Gasteiger charge is -2.17. The van der Waals surface area contributed by atoms with Crippen molar-refractivity contribution in [2.24, 2.45) is 5.73 Å². The quantitative estimate of drug-likeness (QED) is 0.601. The molecule has 0 bridgehead atoms. The molecule has 22 heavy (non-hydrogen) atoms. The van der Waals surface area contributed by atoms with E-state index in [1.165, 1.54) is 12.1 Å². The summed E-state index contributed by atoms with van der Waals surface area (Å²) >= 11 is 0. The van der Waals surface area contributed by atoms with Gasteiger partial charge in [0.1, 0.15) is 0 Å². The van der Waals surface area contributed by atoms with E-state index in [0.29, 0.717) is 5.69 Å². The van der Waals surface area contributed by atoms with Crippen LogP contribution in [0.1, 0.15) is 13.8 Å². The summed E-state index contributed by atoms with van der Waals surface area (Å²) in [5.74, 6) is -0.173. The van der Waals surface area contributed by atoms with Gasteiger partial charge in [-0.2, -0.15) is 0 Å². The first kappa shape index (κ1) is 18.6. The van der Waals surface area contributed by atoms with Crippen LogP contribution in [-0.4, -0.2) is 51.9 Å². The summed E-state index contributed by atoms with van der Waals surface area (Å²) in [6.07, 6.45) is 0. The van der Waals surface area contributed by atoms with Gasteiger partial charge in [-0.1, -0.05) is 19.9 Å². The summed E-state index contributed by atoms with van der Waals surface area (Å²) in [6.45, 7) is 6.18. The van der Waals surface area contributed by atoms with E-state index in [4.69, 9.17) is 5.73 Å². The molecule has 0 heterocycles. The van der Waals surface area contributed by atoms with Gasteiger partial charge < -0.3 is 11.1 Å². The second-order valence-corrected chi connectivity index (χ2v) is 6.49. The number of likely N-dealkylation sites (N-methyl/N-ethyl adjacent to an activating group) is 1. The van der Waals surface area contributed by atoms with Gasteiger partial charge in [-0.15, -0.1) is 0 Å². The van der Waals surface area contributed by atoms with Crippen molar-refractivity contribution in [3.05, 3.63) is 24.3 Å². The smallest absolute Gasteiger partial charge is 0.240 e. The number of hydrogen-bond donors (Lipinski definition) is 3. The van der Waals surface area contributed by atoms with Crippen molar-refractivity contribution >= 4 is 21.6 Å². The first-order valence-electron chi connectivity index (χ1n) is 7.25. The average molecular weight is 328 g/mol. The Hall–Kier alpha value is -1.48. The molecule has 0 atom stereocenters. The monoisotopic (exact) mass is 328 g/mol. The highest BCUT2D eigenvalue weighted by Crippen LogP contribution is 2.15. The van der Waals surface area contributed by atoms with Crippen LogP contribution in [0.25, 0.3) is 0 Å². The number of hydrogen-bond acceptors (Lipinski definition) is 5. The second kappa shape index (κ2) is 8.84. The molecule has 0 fully saturated rings. The van der Waals surface area contributed by atoms with Gasteiger partial charge in [-0.25, -0.2) is 13.1 Å². The number of sulfonamides is 1. The van der Waals surface area contributed by atoms with Crippen molar-refractivity contribution in [2.45, 2.75) is 18.7 Å². The molecule has 1 aromatic carbocycles. The van der Waals surface area contributed by atoms with Gasteiger partial charge in [-0.05, 0) is 31.3 Å². The van der Waals surface area contributed by atoms with Crippen molar-refractivity contribution < 1.29 is 13.2 Å². The summed E-state index contributed by atoms with van der Waals surface area (Å²) in [6, 6.07) is 6.14. The van der Waals surface area contributed by atoms with Gasteiger partial charge in [0.15, 0.2) is 0 Å². The molecule has 8 heteroatoms. The largest absolute Gasteiger partial charge is 0.329 e. The third-order valence-electron chi connectivity index (χ3n) is 3.13. The highest BCUT2D eigenvalue weighted by molar-refractivity contribution is 7.89. The maximum absolute atomic E-state index is 12.0. The Bertz CT molecular complexity index is 586. The van der Waals surface area contributed by atoms with Crippen LogP contribution in [-0.2, 0) is 14.8 Å². The van der Waals surface area contributed by atoms with E-state index in [-0.39, 0.29) is 30.4 Å². The number of nitrogens with one attached hydrogen (secondary N) is 2. The third kappa shape index (κ3) is 5.72. The Kier molecular flexibility index (Phi) is 7.46. The zero-order valence-corrected chi connectivity index (χ0v) is 13.8. The van der Waals surface area contributed by atoms with Gasteiger partial charge in [-0.3, -0.25) is 9.69 Å². The van der Waals surface area contributed by atoms with Crippen LogP contribution in [0, 0.1) is 0 Å². The first-order valence-corrected chi connectivity index (χ1v) is 8.73. The molecule has 1 amide bonds.